The van der Waals surface area contributed by atoms with Crippen LogP contribution in [-0.2, 0) is 16.6 Å². The third kappa shape index (κ3) is 3.01. The molecule has 0 amide bonds. The van der Waals surface area contributed by atoms with Crippen molar-refractivity contribution in [2.45, 2.75) is 18.4 Å². The number of nitrogens with zero attached hydrogens (tertiary/aromatic N) is 1. The van der Waals surface area contributed by atoms with Crippen LogP contribution in [0.2, 0.25) is 0 Å². The number of anilines is 1. The predicted octanol–water partition coefficient (Wildman–Crippen LogP) is 1.98. The van der Waals surface area contributed by atoms with Gasteiger partial charge in [0.15, 0.2) is 0 Å². The molecule has 2 rings (SSSR count). The van der Waals surface area contributed by atoms with E-state index in [-0.39, 0.29) is 17.2 Å². The zero-order chi connectivity index (χ0) is 15.6. The Balaban J connectivity index is 2.51. The van der Waals surface area contributed by atoms with Crippen molar-refractivity contribution in [1.82, 2.24) is 0 Å². The summed E-state index contributed by atoms with van der Waals surface area (Å²) >= 11 is 0. The molecule has 0 fully saturated rings. The van der Waals surface area contributed by atoms with Gasteiger partial charge in [-0.2, -0.15) is 0 Å². The van der Waals surface area contributed by atoms with Gasteiger partial charge in [-0.05, 0) is 36.2 Å². The Labute approximate surface area is 124 Å². The van der Waals surface area contributed by atoms with Crippen LogP contribution < -0.4 is 10.0 Å². The average Bonchev–Trinajstić information content (AvgIpc) is 2.46. The third-order valence-corrected chi connectivity index (χ3v) is 5.25. The van der Waals surface area contributed by atoms with Crippen molar-refractivity contribution in [3.05, 3.63) is 53.6 Å². The molecule has 0 atom stereocenters. The van der Waals surface area contributed by atoms with E-state index in [1.165, 1.54) is 19.2 Å². The fourth-order valence-electron chi connectivity index (χ4n) is 2.02. The monoisotopic (exact) mass is 306 g/mol. The number of phenols is 1. The topological polar surface area (TPSA) is 83.6 Å². The minimum absolute atomic E-state index is 0.0157. The Morgan fingerprint density at radius 2 is 1.90 bits per heavy atom. The van der Waals surface area contributed by atoms with Crippen LogP contribution in [0.4, 0.5) is 5.69 Å². The van der Waals surface area contributed by atoms with Crippen LogP contribution in [0.3, 0.4) is 0 Å². The van der Waals surface area contributed by atoms with E-state index in [9.17, 15) is 13.5 Å². The van der Waals surface area contributed by atoms with Gasteiger partial charge in [0.05, 0.1) is 10.6 Å². The lowest BCUT2D eigenvalue weighted by molar-refractivity contribution is 0.475. The third-order valence-electron chi connectivity index (χ3n) is 3.32. The number of nitrogens with two attached hydrogens (primary N) is 1. The highest BCUT2D eigenvalue weighted by atomic mass is 32.2. The Kier molecular flexibility index (Phi) is 4.20. The molecule has 2 aromatic carbocycles. The lowest BCUT2D eigenvalue weighted by Crippen LogP contribution is -2.27. The molecular weight excluding hydrogens is 288 g/mol. The second-order valence-corrected chi connectivity index (χ2v) is 6.73. The second-order valence-electron chi connectivity index (χ2n) is 4.80. The highest BCUT2D eigenvalue weighted by molar-refractivity contribution is 7.92. The largest absolute Gasteiger partial charge is 0.508 e. The standard InChI is InChI=1S/C15H18N2O3S/c1-11-6-7-12(10-16)8-15(11)21(19,20)17(2)13-4-3-5-14(18)9-13/h3-9,18H,10,16H2,1-2H3. The summed E-state index contributed by atoms with van der Waals surface area (Å²) in [6.07, 6.45) is 0. The predicted molar refractivity (Wildman–Crippen MR) is 82.8 cm³/mol. The summed E-state index contributed by atoms with van der Waals surface area (Å²) in [5.41, 5.74) is 7.38. The maximum Gasteiger partial charge on any atom is 0.264 e. The molecule has 21 heavy (non-hydrogen) atoms. The van der Waals surface area contributed by atoms with Gasteiger partial charge in [-0.25, -0.2) is 8.42 Å². The molecule has 0 unspecified atom stereocenters. The molecular formula is C15H18N2O3S. The molecule has 0 saturated carbocycles. The number of aromatic hydroxyl groups is 1. The summed E-state index contributed by atoms with van der Waals surface area (Å²) in [5.74, 6) is 0.0157. The van der Waals surface area contributed by atoms with Gasteiger partial charge >= 0.3 is 0 Å². The second kappa shape index (κ2) is 5.75. The summed E-state index contributed by atoms with van der Waals surface area (Å²) in [6, 6.07) is 11.3. The summed E-state index contributed by atoms with van der Waals surface area (Å²) in [7, 11) is -2.25. The van der Waals surface area contributed by atoms with Gasteiger partial charge in [0, 0.05) is 19.7 Å². The number of phenolic OH excluding ortho intramolecular Hbond substituents is 1. The zero-order valence-corrected chi connectivity index (χ0v) is 12.8. The van der Waals surface area contributed by atoms with Crippen molar-refractivity contribution in [1.29, 1.82) is 0 Å². The first-order valence-corrected chi connectivity index (χ1v) is 7.88. The van der Waals surface area contributed by atoms with E-state index in [0.29, 0.717) is 11.3 Å². The normalized spacial score (nSPS) is 11.4. The summed E-state index contributed by atoms with van der Waals surface area (Å²) in [5, 5.41) is 9.50. The summed E-state index contributed by atoms with van der Waals surface area (Å²) < 4.78 is 26.6. The van der Waals surface area contributed by atoms with Crippen molar-refractivity contribution in [3.63, 3.8) is 0 Å². The molecule has 0 aromatic heterocycles. The fraction of sp³-hybridized carbons (Fsp3) is 0.200. The van der Waals surface area contributed by atoms with Gasteiger partial charge in [0.1, 0.15) is 5.75 Å². The molecule has 3 N–H and O–H groups in total. The Hall–Kier alpha value is -2.05. The summed E-state index contributed by atoms with van der Waals surface area (Å²) in [4.78, 5) is 0.219. The Bertz CT molecular complexity index is 757. The summed E-state index contributed by atoms with van der Waals surface area (Å²) in [6.45, 7) is 2.02. The number of sulfonamides is 1. The fourth-order valence-corrected chi connectivity index (χ4v) is 3.49. The van der Waals surface area contributed by atoms with Gasteiger partial charge in [-0.15, -0.1) is 0 Å². The first kappa shape index (κ1) is 15.3. The van der Waals surface area contributed by atoms with E-state index in [0.717, 1.165) is 9.87 Å². The quantitative estimate of drug-likeness (QED) is 0.904. The maximum absolute atomic E-state index is 12.7. The van der Waals surface area contributed by atoms with Crippen molar-refractivity contribution in [3.8, 4) is 5.75 Å². The van der Waals surface area contributed by atoms with Crippen molar-refractivity contribution in [2.75, 3.05) is 11.4 Å². The maximum atomic E-state index is 12.7. The van der Waals surface area contributed by atoms with Gasteiger partial charge in [0.25, 0.3) is 10.0 Å². The van der Waals surface area contributed by atoms with Crippen LogP contribution >= 0.6 is 0 Å². The highest BCUT2D eigenvalue weighted by Gasteiger charge is 2.23. The molecule has 0 saturated heterocycles. The van der Waals surface area contributed by atoms with Gasteiger partial charge in [-0.3, -0.25) is 4.31 Å². The van der Waals surface area contributed by atoms with Crippen LogP contribution in [0, 0.1) is 6.92 Å². The molecule has 2 aromatic rings. The number of hydrogen-bond donors (Lipinski definition) is 2. The van der Waals surface area contributed by atoms with E-state index in [2.05, 4.69) is 0 Å². The molecule has 6 heteroatoms. The first-order chi connectivity index (χ1) is 9.86. The average molecular weight is 306 g/mol. The van der Waals surface area contributed by atoms with Crippen LogP contribution in [0.5, 0.6) is 5.75 Å². The van der Waals surface area contributed by atoms with Gasteiger partial charge in [-0.1, -0.05) is 18.2 Å². The minimum atomic E-state index is -3.71. The van der Waals surface area contributed by atoms with E-state index in [1.807, 2.05) is 6.07 Å². The van der Waals surface area contributed by atoms with Gasteiger partial charge in [0.2, 0.25) is 0 Å². The molecule has 0 radical (unpaired) electrons. The molecule has 0 bridgehead atoms. The van der Waals surface area contributed by atoms with E-state index >= 15 is 0 Å². The lowest BCUT2D eigenvalue weighted by Gasteiger charge is -2.21. The molecule has 0 aliphatic carbocycles. The lowest BCUT2D eigenvalue weighted by atomic mass is 10.1. The minimum Gasteiger partial charge on any atom is -0.508 e. The van der Waals surface area contributed by atoms with Crippen LogP contribution in [-0.4, -0.2) is 20.6 Å². The number of benzene rings is 2. The molecule has 112 valence electrons. The number of hydrogen-bond acceptors (Lipinski definition) is 4. The van der Waals surface area contributed by atoms with Crippen molar-refractivity contribution in [2.24, 2.45) is 5.73 Å². The molecule has 0 aliphatic heterocycles. The number of aryl methyl sites for hydroxylation is 1. The molecule has 0 heterocycles. The van der Waals surface area contributed by atoms with Crippen LogP contribution in [0.25, 0.3) is 0 Å². The smallest absolute Gasteiger partial charge is 0.264 e. The molecule has 5 nitrogen and oxygen atoms in total. The molecule has 0 spiro atoms. The van der Waals surface area contributed by atoms with E-state index in [1.54, 1.807) is 31.2 Å². The number of rotatable bonds is 4. The Morgan fingerprint density at radius 1 is 1.19 bits per heavy atom. The van der Waals surface area contributed by atoms with Crippen molar-refractivity contribution < 1.29 is 13.5 Å². The van der Waals surface area contributed by atoms with E-state index in [4.69, 9.17) is 5.73 Å². The van der Waals surface area contributed by atoms with Crippen LogP contribution in [0.15, 0.2) is 47.4 Å². The SMILES string of the molecule is Cc1ccc(CN)cc1S(=O)(=O)N(C)c1cccc(O)c1. The first-order valence-electron chi connectivity index (χ1n) is 6.44. The highest BCUT2D eigenvalue weighted by Crippen LogP contribution is 2.27. The molecule has 0 aliphatic rings. The van der Waals surface area contributed by atoms with Gasteiger partial charge < -0.3 is 10.8 Å². The zero-order valence-electron chi connectivity index (χ0n) is 11.9. The van der Waals surface area contributed by atoms with Crippen molar-refractivity contribution >= 4 is 15.7 Å². The Morgan fingerprint density at radius 3 is 2.52 bits per heavy atom. The van der Waals surface area contributed by atoms with Crippen LogP contribution in [0.1, 0.15) is 11.1 Å². The van der Waals surface area contributed by atoms with E-state index < -0.39 is 10.0 Å².